The number of amides is 1. The van der Waals surface area contributed by atoms with Gasteiger partial charge < -0.3 is 20.3 Å². The summed E-state index contributed by atoms with van der Waals surface area (Å²) in [6.07, 6.45) is 1.61. The van der Waals surface area contributed by atoms with Crippen LogP contribution >= 0.6 is 0 Å². The van der Waals surface area contributed by atoms with Gasteiger partial charge in [-0.1, -0.05) is 30.3 Å². The van der Waals surface area contributed by atoms with Crippen LogP contribution in [-0.4, -0.2) is 47.8 Å². The summed E-state index contributed by atoms with van der Waals surface area (Å²) < 4.78 is 5.46. The van der Waals surface area contributed by atoms with Crippen LogP contribution in [0.25, 0.3) is 0 Å². The number of aryl methyl sites for hydroxylation is 1. The molecule has 1 aliphatic heterocycles. The molecular formula is C22H30N4O2. The van der Waals surface area contributed by atoms with Gasteiger partial charge >= 0.3 is 6.09 Å². The number of hydrogen-bond donors (Lipinski definition) is 1. The number of rotatable bonds is 3. The summed E-state index contributed by atoms with van der Waals surface area (Å²) in [5, 5.41) is 0. The molecule has 3 rings (SSSR count). The standard InChI is InChI=1S/C22H30N4O2/c1-16-14-18(19(23)17-8-6-5-7-9-17)15-24-20(16)25-10-12-26(13-11-25)21(27)28-22(2,3)4/h5-9,14-15,19H,10-13,23H2,1-4H3/t19-/m0/s1. The van der Waals surface area contributed by atoms with Crippen LogP contribution in [0.3, 0.4) is 0 Å². The topological polar surface area (TPSA) is 71.7 Å². The first kappa shape index (κ1) is 20.1. The molecule has 0 saturated carbocycles. The number of pyridine rings is 1. The minimum Gasteiger partial charge on any atom is -0.444 e. The normalized spacial score (nSPS) is 16.0. The second kappa shape index (κ2) is 8.19. The Morgan fingerprint density at radius 3 is 2.32 bits per heavy atom. The van der Waals surface area contributed by atoms with Gasteiger partial charge in [0.1, 0.15) is 11.4 Å². The summed E-state index contributed by atoms with van der Waals surface area (Å²) in [6.45, 7) is 10.4. The average Bonchev–Trinajstić information content (AvgIpc) is 2.67. The molecule has 1 atom stereocenters. The molecule has 2 N–H and O–H groups in total. The van der Waals surface area contributed by atoms with Gasteiger partial charge in [0.2, 0.25) is 0 Å². The van der Waals surface area contributed by atoms with Gasteiger partial charge in [0.15, 0.2) is 0 Å². The van der Waals surface area contributed by atoms with E-state index >= 15 is 0 Å². The number of aromatic nitrogens is 1. The molecule has 0 radical (unpaired) electrons. The van der Waals surface area contributed by atoms with Gasteiger partial charge in [-0.3, -0.25) is 0 Å². The van der Waals surface area contributed by atoms with Crippen molar-refractivity contribution in [3.8, 4) is 0 Å². The molecule has 0 unspecified atom stereocenters. The zero-order valence-electron chi connectivity index (χ0n) is 17.2. The van der Waals surface area contributed by atoms with Crippen molar-refractivity contribution < 1.29 is 9.53 Å². The fraction of sp³-hybridized carbons (Fsp3) is 0.455. The lowest BCUT2D eigenvalue weighted by molar-refractivity contribution is 0.0240. The van der Waals surface area contributed by atoms with Crippen LogP contribution in [0.5, 0.6) is 0 Å². The summed E-state index contributed by atoms with van der Waals surface area (Å²) in [6, 6.07) is 12.0. The minimum atomic E-state index is -0.473. The summed E-state index contributed by atoms with van der Waals surface area (Å²) >= 11 is 0. The second-order valence-corrected chi connectivity index (χ2v) is 8.25. The third-order valence-corrected chi connectivity index (χ3v) is 4.82. The highest BCUT2D eigenvalue weighted by Crippen LogP contribution is 2.25. The Morgan fingerprint density at radius 1 is 1.11 bits per heavy atom. The van der Waals surface area contributed by atoms with Gasteiger partial charge in [-0.2, -0.15) is 0 Å². The van der Waals surface area contributed by atoms with Crippen LogP contribution in [0, 0.1) is 6.92 Å². The SMILES string of the molecule is Cc1cc([C@@H](N)c2ccccc2)cnc1N1CCN(C(=O)OC(C)(C)C)CC1. The first-order chi connectivity index (χ1) is 13.2. The van der Waals surface area contributed by atoms with E-state index in [0.717, 1.165) is 35.6 Å². The number of nitrogens with two attached hydrogens (primary N) is 1. The maximum Gasteiger partial charge on any atom is 0.410 e. The lowest BCUT2D eigenvalue weighted by Gasteiger charge is -2.36. The van der Waals surface area contributed by atoms with Crippen molar-refractivity contribution in [2.24, 2.45) is 5.73 Å². The Balaban J connectivity index is 1.65. The molecule has 0 spiro atoms. The molecule has 1 fully saturated rings. The zero-order valence-corrected chi connectivity index (χ0v) is 17.2. The summed E-state index contributed by atoms with van der Waals surface area (Å²) in [7, 11) is 0. The molecule has 6 nitrogen and oxygen atoms in total. The Hall–Kier alpha value is -2.60. The Labute approximate surface area is 167 Å². The first-order valence-corrected chi connectivity index (χ1v) is 9.74. The second-order valence-electron chi connectivity index (χ2n) is 8.25. The average molecular weight is 383 g/mol. The fourth-order valence-corrected chi connectivity index (χ4v) is 3.37. The maximum absolute atomic E-state index is 12.2. The zero-order chi connectivity index (χ0) is 20.3. The van der Waals surface area contributed by atoms with E-state index in [1.54, 1.807) is 4.90 Å². The summed E-state index contributed by atoms with van der Waals surface area (Å²) in [5.74, 6) is 0.952. The number of hydrogen-bond acceptors (Lipinski definition) is 5. The van der Waals surface area contributed by atoms with E-state index in [9.17, 15) is 4.79 Å². The van der Waals surface area contributed by atoms with E-state index in [1.165, 1.54) is 0 Å². The number of carbonyl (C=O) groups excluding carboxylic acids is 1. The lowest BCUT2D eigenvalue weighted by atomic mass is 10.00. The molecule has 1 aromatic carbocycles. The molecule has 1 aliphatic rings. The highest BCUT2D eigenvalue weighted by Gasteiger charge is 2.27. The molecule has 28 heavy (non-hydrogen) atoms. The molecule has 0 aliphatic carbocycles. The third kappa shape index (κ3) is 4.81. The van der Waals surface area contributed by atoms with Crippen molar-refractivity contribution in [1.29, 1.82) is 0 Å². The van der Waals surface area contributed by atoms with E-state index < -0.39 is 5.60 Å². The number of nitrogens with zero attached hydrogens (tertiary/aromatic N) is 3. The van der Waals surface area contributed by atoms with Crippen molar-refractivity contribution in [2.45, 2.75) is 39.3 Å². The predicted octanol–water partition coefficient (Wildman–Crippen LogP) is 3.50. The van der Waals surface area contributed by atoms with E-state index in [1.807, 2.05) is 57.3 Å². The van der Waals surface area contributed by atoms with Crippen molar-refractivity contribution in [3.05, 3.63) is 59.3 Å². The molecule has 150 valence electrons. The quantitative estimate of drug-likeness (QED) is 0.880. The number of piperazine rings is 1. The van der Waals surface area contributed by atoms with Gasteiger partial charge in [0.05, 0.1) is 6.04 Å². The van der Waals surface area contributed by atoms with Crippen LogP contribution in [0.15, 0.2) is 42.6 Å². The van der Waals surface area contributed by atoms with Crippen LogP contribution in [0.2, 0.25) is 0 Å². The van der Waals surface area contributed by atoms with Gasteiger partial charge in [0.25, 0.3) is 0 Å². The minimum absolute atomic E-state index is 0.189. The van der Waals surface area contributed by atoms with Gasteiger partial charge in [-0.05, 0) is 50.5 Å². The van der Waals surface area contributed by atoms with E-state index in [-0.39, 0.29) is 12.1 Å². The van der Waals surface area contributed by atoms with Crippen LogP contribution < -0.4 is 10.6 Å². The molecule has 1 amide bonds. The van der Waals surface area contributed by atoms with E-state index in [2.05, 4.69) is 22.9 Å². The Morgan fingerprint density at radius 2 is 1.75 bits per heavy atom. The van der Waals surface area contributed by atoms with Crippen LogP contribution in [-0.2, 0) is 4.74 Å². The van der Waals surface area contributed by atoms with Gasteiger partial charge in [-0.15, -0.1) is 0 Å². The number of carbonyl (C=O) groups is 1. The van der Waals surface area contributed by atoms with Crippen LogP contribution in [0.1, 0.15) is 43.5 Å². The third-order valence-electron chi connectivity index (χ3n) is 4.82. The molecule has 1 saturated heterocycles. The van der Waals surface area contributed by atoms with Crippen molar-refractivity contribution in [3.63, 3.8) is 0 Å². The van der Waals surface area contributed by atoms with Gasteiger partial charge in [0, 0.05) is 32.4 Å². The Bertz CT molecular complexity index is 809. The number of anilines is 1. The number of benzene rings is 1. The highest BCUT2D eigenvalue weighted by atomic mass is 16.6. The molecule has 6 heteroatoms. The van der Waals surface area contributed by atoms with E-state index in [4.69, 9.17) is 10.5 Å². The fourth-order valence-electron chi connectivity index (χ4n) is 3.37. The summed E-state index contributed by atoms with van der Waals surface area (Å²) in [5.41, 5.74) is 9.10. The molecule has 0 bridgehead atoms. The number of ether oxygens (including phenoxy) is 1. The largest absolute Gasteiger partial charge is 0.444 e. The van der Waals surface area contributed by atoms with Crippen molar-refractivity contribution in [2.75, 3.05) is 31.1 Å². The van der Waals surface area contributed by atoms with E-state index in [0.29, 0.717) is 13.1 Å². The predicted molar refractivity (Wildman–Crippen MR) is 111 cm³/mol. The van der Waals surface area contributed by atoms with Crippen molar-refractivity contribution >= 4 is 11.9 Å². The maximum atomic E-state index is 12.2. The Kier molecular flexibility index (Phi) is 5.89. The van der Waals surface area contributed by atoms with Crippen molar-refractivity contribution in [1.82, 2.24) is 9.88 Å². The molecular weight excluding hydrogens is 352 g/mol. The molecule has 1 aromatic heterocycles. The lowest BCUT2D eigenvalue weighted by Crippen LogP contribution is -2.50. The summed E-state index contributed by atoms with van der Waals surface area (Å²) in [4.78, 5) is 20.9. The molecule has 2 aromatic rings. The first-order valence-electron chi connectivity index (χ1n) is 9.74. The highest BCUT2D eigenvalue weighted by molar-refractivity contribution is 5.68. The van der Waals surface area contributed by atoms with Crippen LogP contribution in [0.4, 0.5) is 10.6 Å². The van der Waals surface area contributed by atoms with Gasteiger partial charge in [-0.25, -0.2) is 9.78 Å². The molecule has 2 heterocycles. The smallest absolute Gasteiger partial charge is 0.410 e. The monoisotopic (exact) mass is 382 g/mol.